The molecule has 5 atom stereocenters. The molecule has 0 amide bonds. The molecule has 4 aromatic carbocycles. The Kier molecular flexibility index (Phi) is 13.9. The second-order valence-corrected chi connectivity index (χ2v) is 13.5. The monoisotopic (exact) mass is 680 g/mol. The fraction of sp³-hybridized carbons (Fsp3) is 0.381. The van der Waals surface area contributed by atoms with Crippen LogP contribution in [0.5, 0.6) is 0 Å². The third-order valence-electron chi connectivity index (χ3n) is 8.17. The first-order valence-corrected chi connectivity index (χ1v) is 17.2. The molecule has 1 saturated heterocycles. The number of benzene rings is 4. The lowest BCUT2D eigenvalue weighted by molar-refractivity contribution is -0.272. The van der Waals surface area contributed by atoms with E-state index in [9.17, 15) is 9.59 Å². The molecule has 1 aliphatic rings. The molecule has 1 heterocycles. The summed E-state index contributed by atoms with van der Waals surface area (Å²) in [5.41, 5.74) is 3.26. The van der Waals surface area contributed by atoms with Crippen molar-refractivity contribution in [1.29, 1.82) is 0 Å². The lowest BCUT2D eigenvalue weighted by Crippen LogP contribution is -2.61. The van der Waals surface area contributed by atoms with Crippen molar-refractivity contribution in [3.05, 3.63) is 144 Å². The molecular weight excluding hydrogens is 632 g/mol. The summed E-state index contributed by atoms with van der Waals surface area (Å²) < 4.78 is 38.5. The highest BCUT2D eigenvalue weighted by Crippen LogP contribution is 2.33. The molecule has 0 aromatic heterocycles. The first kappa shape index (κ1) is 37.1. The molecule has 0 radical (unpaired) electrons. The van der Waals surface area contributed by atoms with Crippen molar-refractivity contribution in [3.63, 3.8) is 0 Å². The predicted molar refractivity (Wildman–Crippen MR) is 190 cm³/mol. The molecule has 0 unspecified atom stereocenters. The van der Waals surface area contributed by atoms with E-state index in [1.54, 1.807) is 20.8 Å². The van der Waals surface area contributed by atoms with Crippen LogP contribution in [0.1, 0.15) is 55.9 Å². The van der Waals surface area contributed by atoms with Gasteiger partial charge in [0.25, 0.3) is 0 Å². The molecule has 264 valence electrons. The van der Waals surface area contributed by atoms with E-state index in [-0.39, 0.29) is 38.4 Å². The van der Waals surface area contributed by atoms with Gasteiger partial charge in [-0.3, -0.25) is 9.59 Å². The van der Waals surface area contributed by atoms with Gasteiger partial charge in [0.05, 0.1) is 39.1 Å². The lowest BCUT2D eigenvalue weighted by atomic mass is 9.91. The number of rotatable bonds is 17. The fourth-order valence-electron chi connectivity index (χ4n) is 5.88. The van der Waals surface area contributed by atoms with Gasteiger partial charge in [-0.25, -0.2) is 0 Å². The number of carbonyl (C=O) groups excluding carboxylic acids is 2. The Hall–Kier alpha value is -4.18. The summed E-state index contributed by atoms with van der Waals surface area (Å²) in [6.45, 7) is 6.74. The first-order valence-electron chi connectivity index (χ1n) is 17.2. The average Bonchev–Trinajstić information content (AvgIpc) is 3.10. The number of hydrogen-bond acceptors (Lipinski definition) is 8. The van der Waals surface area contributed by atoms with E-state index >= 15 is 0 Å². The van der Waals surface area contributed by atoms with Crippen LogP contribution in [0.4, 0.5) is 0 Å². The minimum absolute atomic E-state index is 0.0789. The molecule has 8 nitrogen and oxygen atoms in total. The van der Waals surface area contributed by atoms with Gasteiger partial charge < -0.3 is 28.4 Å². The van der Waals surface area contributed by atoms with E-state index in [4.69, 9.17) is 28.4 Å². The molecule has 0 aliphatic carbocycles. The van der Waals surface area contributed by atoms with Gasteiger partial charge in [-0.15, -0.1) is 0 Å². The second-order valence-electron chi connectivity index (χ2n) is 13.5. The molecule has 4 aromatic rings. The summed E-state index contributed by atoms with van der Waals surface area (Å²) in [5, 5.41) is 0. The van der Waals surface area contributed by atoms with Crippen molar-refractivity contribution in [1.82, 2.24) is 0 Å². The van der Waals surface area contributed by atoms with Crippen LogP contribution >= 0.6 is 0 Å². The van der Waals surface area contributed by atoms with Gasteiger partial charge in [0.1, 0.15) is 42.2 Å². The standard InChI is InChI=1S/C42H48O8/c1-42(2,3)50-38(44)25-35(43)24-36-39(46-27-32-18-10-5-11-19-32)41(48-29-34-22-14-7-15-23-34)40(47-28-33-20-12-6-13-21-33)37(49-36)30-45-26-31-16-8-4-9-17-31/h4-23,36-37,39-41H,24-30H2,1-3H3/t36-,37-,39+,40+,41-/m1/s1. The van der Waals surface area contributed by atoms with Crippen LogP contribution in [-0.2, 0) is 64.4 Å². The highest BCUT2D eigenvalue weighted by molar-refractivity contribution is 5.95. The second kappa shape index (κ2) is 18.7. The van der Waals surface area contributed by atoms with Crippen molar-refractivity contribution in [2.24, 2.45) is 0 Å². The number of carbonyl (C=O) groups is 2. The van der Waals surface area contributed by atoms with Gasteiger partial charge in [0, 0.05) is 6.42 Å². The molecule has 8 heteroatoms. The predicted octanol–water partition coefficient (Wildman–Crippen LogP) is 7.42. The van der Waals surface area contributed by atoms with E-state index in [1.165, 1.54) is 0 Å². The van der Waals surface area contributed by atoms with Gasteiger partial charge in [-0.2, -0.15) is 0 Å². The number of hydrogen-bond donors (Lipinski definition) is 0. The van der Waals surface area contributed by atoms with Crippen LogP contribution in [0.2, 0.25) is 0 Å². The van der Waals surface area contributed by atoms with Gasteiger partial charge in [-0.05, 0) is 43.0 Å². The van der Waals surface area contributed by atoms with Crippen molar-refractivity contribution >= 4 is 11.8 Å². The number of ether oxygens (including phenoxy) is 6. The molecule has 0 spiro atoms. The maximum Gasteiger partial charge on any atom is 0.313 e. The van der Waals surface area contributed by atoms with Gasteiger partial charge in [0.15, 0.2) is 0 Å². The molecular formula is C42H48O8. The molecule has 50 heavy (non-hydrogen) atoms. The van der Waals surface area contributed by atoms with E-state index < -0.39 is 42.1 Å². The molecule has 1 fully saturated rings. The minimum atomic E-state index is -0.753. The SMILES string of the molecule is CC(C)(C)OC(=O)CC(=O)C[C@H]1O[C@H](COCc2ccccc2)[C@H](OCc2ccccc2)[C@H](OCc2ccccc2)[C@H]1OCc1ccccc1. The zero-order valence-electron chi connectivity index (χ0n) is 29.1. The van der Waals surface area contributed by atoms with E-state index in [1.807, 2.05) is 121 Å². The quantitative estimate of drug-likeness (QED) is 0.0842. The Morgan fingerprint density at radius 3 is 1.40 bits per heavy atom. The number of ketones is 1. The first-order chi connectivity index (χ1) is 24.2. The lowest BCUT2D eigenvalue weighted by Gasteiger charge is -2.46. The maximum absolute atomic E-state index is 13.5. The molecule has 0 bridgehead atoms. The highest BCUT2D eigenvalue weighted by Gasteiger charge is 2.49. The fourth-order valence-corrected chi connectivity index (χ4v) is 5.88. The van der Waals surface area contributed by atoms with Crippen molar-refractivity contribution in [2.45, 2.75) is 96.2 Å². The zero-order chi connectivity index (χ0) is 35.2. The highest BCUT2D eigenvalue weighted by atomic mass is 16.6. The van der Waals surface area contributed by atoms with E-state index in [2.05, 4.69) is 0 Å². The smallest absolute Gasteiger partial charge is 0.313 e. The third kappa shape index (κ3) is 12.0. The summed E-state index contributed by atoms with van der Waals surface area (Å²) in [6.07, 6.45) is -3.80. The van der Waals surface area contributed by atoms with Crippen LogP contribution in [0.3, 0.4) is 0 Å². The van der Waals surface area contributed by atoms with Gasteiger partial charge in [-0.1, -0.05) is 121 Å². The molecule has 1 aliphatic heterocycles. The molecule has 0 N–H and O–H groups in total. The van der Waals surface area contributed by atoms with E-state index in [0.29, 0.717) is 13.2 Å². The van der Waals surface area contributed by atoms with Crippen molar-refractivity contribution in [3.8, 4) is 0 Å². The maximum atomic E-state index is 13.5. The summed E-state index contributed by atoms with van der Waals surface area (Å²) in [4.78, 5) is 26.1. The largest absolute Gasteiger partial charge is 0.460 e. The Morgan fingerprint density at radius 1 is 0.560 bits per heavy atom. The van der Waals surface area contributed by atoms with Crippen LogP contribution in [0.25, 0.3) is 0 Å². The summed E-state index contributed by atoms with van der Waals surface area (Å²) in [6, 6.07) is 39.5. The Morgan fingerprint density at radius 2 is 0.960 bits per heavy atom. The van der Waals surface area contributed by atoms with Crippen LogP contribution in [-0.4, -0.2) is 54.5 Å². The van der Waals surface area contributed by atoms with Crippen LogP contribution in [0.15, 0.2) is 121 Å². The van der Waals surface area contributed by atoms with Crippen molar-refractivity contribution < 1.29 is 38.0 Å². The number of Topliss-reactive ketones (excluding diaryl/α,β-unsaturated/α-hetero) is 1. The Labute approximate surface area is 295 Å². The van der Waals surface area contributed by atoms with Crippen LogP contribution in [0, 0.1) is 0 Å². The summed E-state index contributed by atoms with van der Waals surface area (Å²) >= 11 is 0. The molecule has 5 rings (SSSR count). The summed E-state index contributed by atoms with van der Waals surface area (Å²) in [7, 11) is 0. The average molecular weight is 681 g/mol. The topological polar surface area (TPSA) is 89.5 Å². The van der Waals surface area contributed by atoms with Crippen molar-refractivity contribution in [2.75, 3.05) is 6.61 Å². The summed E-state index contributed by atoms with van der Waals surface area (Å²) in [5.74, 6) is -0.893. The zero-order valence-corrected chi connectivity index (χ0v) is 29.1. The van der Waals surface area contributed by atoms with Gasteiger partial charge >= 0.3 is 5.97 Å². The third-order valence-corrected chi connectivity index (χ3v) is 8.17. The minimum Gasteiger partial charge on any atom is -0.460 e. The Balaban J connectivity index is 1.45. The van der Waals surface area contributed by atoms with E-state index in [0.717, 1.165) is 22.3 Å². The van der Waals surface area contributed by atoms with Crippen LogP contribution < -0.4 is 0 Å². The number of esters is 1. The Bertz CT molecular complexity index is 1570. The van der Waals surface area contributed by atoms with Gasteiger partial charge in [0.2, 0.25) is 0 Å². The normalized spacial score (nSPS) is 20.7. The molecule has 0 saturated carbocycles.